The summed E-state index contributed by atoms with van der Waals surface area (Å²) in [6.45, 7) is 8.81. The first-order chi connectivity index (χ1) is 13.0. The Morgan fingerprint density at radius 3 is 2.44 bits per heavy atom. The Labute approximate surface area is 164 Å². The van der Waals surface area contributed by atoms with Crippen molar-refractivity contribution in [2.24, 2.45) is 0 Å². The number of rotatable bonds is 5. The summed E-state index contributed by atoms with van der Waals surface area (Å²) < 4.78 is 0. The number of hydrogen-bond donors (Lipinski definition) is 0. The lowest BCUT2D eigenvalue weighted by Gasteiger charge is -2.15. The van der Waals surface area contributed by atoms with E-state index in [4.69, 9.17) is 0 Å². The zero-order valence-electron chi connectivity index (χ0n) is 17.0. The fourth-order valence-electron chi connectivity index (χ4n) is 3.56. The smallest absolute Gasteiger partial charge is 0.00939 e. The van der Waals surface area contributed by atoms with Gasteiger partial charge >= 0.3 is 0 Å². The number of allylic oxidation sites excluding steroid dienone is 8. The van der Waals surface area contributed by atoms with Crippen molar-refractivity contribution in [2.45, 2.75) is 47.0 Å². The summed E-state index contributed by atoms with van der Waals surface area (Å²) in [6, 6.07) is 17.6. The summed E-state index contributed by atoms with van der Waals surface area (Å²) >= 11 is 0. The van der Waals surface area contributed by atoms with E-state index in [1.165, 1.54) is 57.4 Å². The summed E-state index contributed by atoms with van der Waals surface area (Å²) in [5.74, 6) is 0. The Hall–Kier alpha value is -2.60. The minimum atomic E-state index is 0.951. The Bertz CT molecular complexity index is 911. The van der Waals surface area contributed by atoms with Gasteiger partial charge in [-0.15, -0.1) is 0 Å². The van der Waals surface area contributed by atoms with Crippen LogP contribution in [-0.2, 0) is 6.42 Å². The van der Waals surface area contributed by atoms with Crippen molar-refractivity contribution in [3.8, 4) is 11.1 Å². The second-order valence-electron chi connectivity index (χ2n) is 7.72. The molecule has 2 aromatic rings. The van der Waals surface area contributed by atoms with Crippen LogP contribution in [-0.4, -0.2) is 0 Å². The van der Waals surface area contributed by atoms with E-state index in [2.05, 4.69) is 101 Å². The van der Waals surface area contributed by atoms with Gasteiger partial charge in [0.1, 0.15) is 0 Å². The highest BCUT2D eigenvalue weighted by molar-refractivity contribution is 5.64. The number of hydrogen-bond acceptors (Lipinski definition) is 0. The molecule has 2 aromatic carbocycles. The maximum absolute atomic E-state index is 2.31. The summed E-state index contributed by atoms with van der Waals surface area (Å²) in [4.78, 5) is 0. The summed E-state index contributed by atoms with van der Waals surface area (Å²) in [6.07, 6.45) is 12.5. The Morgan fingerprint density at radius 2 is 1.74 bits per heavy atom. The van der Waals surface area contributed by atoms with Crippen LogP contribution in [0, 0.1) is 6.92 Å². The molecule has 0 unspecified atom stereocenters. The second kappa shape index (κ2) is 8.86. The average Bonchev–Trinajstić information content (AvgIpc) is 2.67. The summed E-state index contributed by atoms with van der Waals surface area (Å²) in [5.41, 5.74) is 10.9. The number of aryl methyl sites for hydroxylation is 1. The van der Waals surface area contributed by atoms with Gasteiger partial charge < -0.3 is 0 Å². The fourth-order valence-corrected chi connectivity index (χ4v) is 3.56. The molecule has 27 heavy (non-hydrogen) atoms. The van der Waals surface area contributed by atoms with Crippen LogP contribution in [0.5, 0.6) is 0 Å². The molecule has 1 aliphatic carbocycles. The predicted molar refractivity (Wildman–Crippen MR) is 119 cm³/mol. The van der Waals surface area contributed by atoms with E-state index >= 15 is 0 Å². The molecule has 0 atom stereocenters. The van der Waals surface area contributed by atoms with Crippen LogP contribution < -0.4 is 0 Å². The maximum atomic E-state index is 2.31. The molecule has 0 amide bonds. The standard InChI is InChI=1S/C27H30/c1-20(2)26(27-13-6-5-9-22(27)4)14-8-11-23-10-7-12-25(19-23)24-17-15-21(3)16-18-24/h6-8,10,12-19H,5,9,11H2,1-4H3/b14-8-. The molecule has 0 heteroatoms. The van der Waals surface area contributed by atoms with Gasteiger partial charge in [-0.1, -0.05) is 89.5 Å². The molecule has 0 spiro atoms. The van der Waals surface area contributed by atoms with Gasteiger partial charge in [0.05, 0.1) is 0 Å². The third-order valence-corrected chi connectivity index (χ3v) is 5.21. The molecule has 0 fully saturated rings. The van der Waals surface area contributed by atoms with Gasteiger partial charge in [0, 0.05) is 0 Å². The molecule has 0 heterocycles. The summed E-state index contributed by atoms with van der Waals surface area (Å²) in [5, 5.41) is 0. The van der Waals surface area contributed by atoms with Gasteiger partial charge in [0.15, 0.2) is 0 Å². The van der Waals surface area contributed by atoms with Crippen molar-refractivity contribution in [1.82, 2.24) is 0 Å². The van der Waals surface area contributed by atoms with Gasteiger partial charge in [-0.25, -0.2) is 0 Å². The highest BCUT2D eigenvalue weighted by Gasteiger charge is 2.08. The topological polar surface area (TPSA) is 0 Å². The van der Waals surface area contributed by atoms with Gasteiger partial charge in [-0.3, -0.25) is 0 Å². The van der Waals surface area contributed by atoms with Crippen molar-refractivity contribution in [1.29, 1.82) is 0 Å². The first-order valence-corrected chi connectivity index (χ1v) is 9.91. The van der Waals surface area contributed by atoms with Crippen LogP contribution in [0.1, 0.15) is 44.7 Å². The highest BCUT2D eigenvalue weighted by Crippen LogP contribution is 2.28. The second-order valence-corrected chi connectivity index (χ2v) is 7.72. The SMILES string of the molecule is CC(C)=C(/C=C\Cc1cccc(-c2ccc(C)cc2)c1)C1=C(C)CCC=C1. The van der Waals surface area contributed by atoms with E-state index in [0.29, 0.717) is 0 Å². The third kappa shape index (κ3) is 4.98. The third-order valence-electron chi connectivity index (χ3n) is 5.21. The Kier molecular flexibility index (Phi) is 6.29. The van der Waals surface area contributed by atoms with Crippen LogP contribution in [0.3, 0.4) is 0 Å². The van der Waals surface area contributed by atoms with Gasteiger partial charge in [-0.2, -0.15) is 0 Å². The monoisotopic (exact) mass is 354 g/mol. The summed E-state index contributed by atoms with van der Waals surface area (Å²) in [7, 11) is 0. The maximum Gasteiger partial charge on any atom is -0.00939 e. The van der Waals surface area contributed by atoms with Crippen LogP contribution in [0.25, 0.3) is 11.1 Å². The lowest BCUT2D eigenvalue weighted by Crippen LogP contribution is -1.96. The van der Waals surface area contributed by atoms with Crippen LogP contribution >= 0.6 is 0 Å². The quantitative estimate of drug-likeness (QED) is 0.481. The fraction of sp³-hybridized carbons (Fsp3) is 0.259. The van der Waals surface area contributed by atoms with Crippen molar-refractivity contribution in [2.75, 3.05) is 0 Å². The average molecular weight is 355 g/mol. The van der Waals surface area contributed by atoms with E-state index in [1.807, 2.05) is 0 Å². The van der Waals surface area contributed by atoms with Gasteiger partial charge in [0.25, 0.3) is 0 Å². The molecule has 3 rings (SSSR count). The molecule has 0 radical (unpaired) electrons. The lowest BCUT2D eigenvalue weighted by atomic mass is 9.90. The highest BCUT2D eigenvalue weighted by atomic mass is 14.1. The van der Waals surface area contributed by atoms with Crippen LogP contribution in [0.2, 0.25) is 0 Å². The van der Waals surface area contributed by atoms with Crippen molar-refractivity contribution >= 4 is 0 Å². The molecule has 1 aliphatic rings. The van der Waals surface area contributed by atoms with E-state index in [9.17, 15) is 0 Å². The first kappa shape index (κ1) is 19.2. The van der Waals surface area contributed by atoms with Crippen molar-refractivity contribution in [3.05, 3.63) is 106 Å². The molecule has 0 N–H and O–H groups in total. The van der Waals surface area contributed by atoms with Crippen LogP contribution in [0.4, 0.5) is 0 Å². The zero-order valence-corrected chi connectivity index (χ0v) is 17.0. The molecule has 138 valence electrons. The Morgan fingerprint density at radius 1 is 0.963 bits per heavy atom. The molecule has 0 aliphatic heterocycles. The van der Waals surface area contributed by atoms with E-state index in [-0.39, 0.29) is 0 Å². The minimum Gasteiger partial charge on any atom is -0.0836 e. The Balaban J connectivity index is 1.78. The lowest BCUT2D eigenvalue weighted by molar-refractivity contribution is 0.942. The van der Waals surface area contributed by atoms with Crippen molar-refractivity contribution < 1.29 is 0 Å². The predicted octanol–water partition coefficient (Wildman–Crippen LogP) is 7.76. The zero-order chi connectivity index (χ0) is 19.2. The normalized spacial score (nSPS) is 14.1. The molecular weight excluding hydrogens is 324 g/mol. The van der Waals surface area contributed by atoms with Crippen LogP contribution in [0.15, 0.2) is 95.1 Å². The molecular formula is C27H30. The van der Waals surface area contributed by atoms with E-state index in [1.54, 1.807) is 0 Å². The molecule has 0 bridgehead atoms. The molecule has 0 nitrogen and oxygen atoms in total. The van der Waals surface area contributed by atoms with Gasteiger partial charge in [-0.05, 0) is 74.8 Å². The van der Waals surface area contributed by atoms with Gasteiger partial charge in [0.2, 0.25) is 0 Å². The molecule has 0 aromatic heterocycles. The first-order valence-electron chi connectivity index (χ1n) is 9.91. The van der Waals surface area contributed by atoms with E-state index in [0.717, 1.165) is 6.42 Å². The van der Waals surface area contributed by atoms with Crippen molar-refractivity contribution in [3.63, 3.8) is 0 Å². The molecule has 0 saturated heterocycles. The van der Waals surface area contributed by atoms with E-state index < -0.39 is 0 Å². The number of benzene rings is 2. The molecule has 0 saturated carbocycles. The minimum absolute atomic E-state index is 0.951. The largest absolute Gasteiger partial charge is 0.0836 e.